The average molecular weight is 427 g/mol. The van der Waals surface area contributed by atoms with Crippen molar-refractivity contribution in [2.24, 2.45) is 5.41 Å². The van der Waals surface area contributed by atoms with Crippen molar-refractivity contribution in [3.8, 4) is 5.75 Å². The number of fused-ring (bicyclic) bond motifs is 1. The normalized spacial score (nSPS) is 19.9. The Kier molecular flexibility index (Phi) is 5.91. The lowest BCUT2D eigenvalue weighted by Gasteiger charge is -2.38. The van der Waals surface area contributed by atoms with Crippen LogP contribution in [-0.2, 0) is 4.79 Å². The first-order valence-corrected chi connectivity index (χ1v) is 11.7. The molecule has 1 aromatic heterocycles. The maximum absolute atomic E-state index is 13.2. The minimum atomic E-state index is -0.261. The summed E-state index contributed by atoms with van der Waals surface area (Å²) in [6.07, 6.45) is 4.94. The van der Waals surface area contributed by atoms with Crippen LogP contribution in [0.15, 0.2) is 40.7 Å². The number of methoxy groups -OCH3 is 1. The standard InChI is InChI=1S/C23H30N4O2S/c1-5-6-7-12-30-22-25-21-24-17-13-23(2,3)14-18(28)19(17)20(27(21)26-22)15-8-10-16(29-4)11-9-15/h8-11,20H,5-7,12-14H2,1-4H3,(H,24,25,26)/t20-/m1/s1. The van der Waals surface area contributed by atoms with E-state index < -0.39 is 0 Å². The van der Waals surface area contributed by atoms with E-state index in [0.29, 0.717) is 6.42 Å². The predicted octanol–water partition coefficient (Wildman–Crippen LogP) is 5.23. The third-order valence-corrected chi connectivity index (χ3v) is 6.65. The minimum absolute atomic E-state index is 0.0622. The highest BCUT2D eigenvalue weighted by Crippen LogP contribution is 2.45. The van der Waals surface area contributed by atoms with Gasteiger partial charge in [0.1, 0.15) is 11.8 Å². The molecule has 1 N–H and O–H groups in total. The molecule has 2 heterocycles. The monoisotopic (exact) mass is 426 g/mol. The third kappa shape index (κ3) is 4.13. The summed E-state index contributed by atoms with van der Waals surface area (Å²) in [5.41, 5.74) is 2.76. The van der Waals surface area contributed by atoms with Gasteiger partial charge in [0.05, 0.1) is 7.11 Å². The van der Waals surface area contributed by atoms with Gasteiger partial charge in [-0.25, -0.2) is 4.68 Å². The van der Waals surface area contributed by atoms with Gasteiger partial charge in [0, 0.05) is 23.4 Å². The molecule has 0 bridgehead atoms. The molecule has 0 spiro atoms. The number of thioether (sulfide) groups is 1. The molecule has 2 aromatic rings. The Bertz CT molecular complexity index is 962. The van der Waals surface area contributed by atoms with Gasteiger partial charge >= 0.3 is 0 Å². The Morgan fingerprint density at radius 1 is 1.23 bits per heavy atom. The number of ketones is 1. The number of unbranched alkanes of at least 4 members (excludes halogenated alkanes) is 2. The number of carbonyl (C=O) groups is 1. The van der Waals surface area contributed by atoms with Crippen molar-refractivity contribution >= 4 is 23.5 Å². The van der Waals surface area contributed by atoms with Crippen LogP contribution in [0.4, 0.5) is 5.95 Å². The molecule has 4 rings (SSSR count). The fraction of sp³-hybridized carbons (Fsp3) is 0.522. The van der Waals surface area contributed by atoms with Gasteiger partial charge in [0.25, 0.3) is 0 Å². The molecule has 0 fully saturated rings. The van der Waals surface area contributed by atoms with E-state index in [9.17, 15) is 4.79 Å². The van der Waals surface area contributed by atoms with Crippen LogP contribution in [0, 0.1) is 5.41 Å². The molecule has 1 atom stereocenters. The molecule has 6 nitrogen and oxygen atoms in total. The molecule has 0 unspecified atom stereocenters. The van der Waals surface area contributed by atoms with Gasteiger partial charge in [-0.1, -0.05) is 57.5 Å². The molecule has 0 saturated heterocycles. The van der Waals surface area contributed by atoms with E-state index >= 15 is 0 Å². The van der Waals surface area contributed by atoms with Crippen molar-refractivity contribution in [2.45, 2.75) is 64.1 Å². The number of hydrogen-bond donors (Lipinski definition) is 1. The zero-order valence-corrected chi connectivity index (χ0v) is 19.0. The van der Waals surface area contributed by atoms with Crippen molar-refractivity contribution in [1.82, 2.24) is 14.8 Å². The molecule has 7 heteroatoms. The highest BCUT2D eigenvalue weighted by atomic mass is 32.2. The molecule has 0 saturated carbocycles. The Morgan fingerprint density at radius 3 is 2.70 bits per heavy atom. The lowest BCUT2D eigenvalue weighted by atomic mass is 9.73. The van der Waals surface area contributed by atoms with E-state index in [4.69, 9.17) is 14.8 Å². The fourth-order valence-corrected chi connectivity index (χ4v) is 5.09. The molecular formula is C23H30N4O2S. The highest BCUT2D eigenvalue weighted by molar-refractivity contribution is 7.99. The molecule has 1 aliphatic heterocycles. The van der Waals surface area contributed by atoms with Crippen LogP contribution in [0.3, 0.4) is 0 Å². The molecule has 0 amide bonds. The van der Waals surface area contributed by atoms with Crippen LogP contribution in [0.2, 0.25) is 0 Å². The van der Waals surface area contributed by atoms with Crippen molar-refractivity contribution < 1.29 is 9.53 Å². The Hall–Kier alpha value is -2.28. The number of benzene rings is 1. The summed E-state index contributed by atoms with van der Waals surface area (Å²) in [6.45, 7) is 6.50. The highest BCUT2D eigenvalue weighted by Gasteiger charge is 2.41. The molecule has 1 aliphatic carbocycles. The van der Waals surface area contributed by atoms with Crippen molar-refractivity contribution in [3.05, 3.63) is 41.1 Å². The molecule has 160 valence electrons. The molecule has 30 heavy (non-hydrogen) atoms. The number of anilines is 1. The Labute approximate surface area is 182 Å². The van der Waals surface area contributed by atoms with E-state index in [1.807, 2.05) is 28.9 Å². The number of rotatable bonds is 7. The Balaban J connectivity index is 1.72. The van der Waals surface area contributed by atoms with Crippen LogP contribution < -0.4 is 10.1 Å². The molecule has 2 aliphatic rings. The fourth-order valence-electron chi connectivity index (χ4n) is 4.26. The van der Waals surface area contributed by atoms with Crippen LogP contribution in [0.25, 0.3) is 0 Å². The summed E-state index contributed by atoms with van der Waals surface area (Å²) in [6, 6.07) is 7.65. The number of ether oxygens (including phenoxy) is 1. The van der Waals surface area contributed by atoms with Crippen molar-refractivity contribution in [1.29, 1.82) is 0 Å². The number of hydrogen-bond acceptors (Lipinski definition) is 6. The van der Waals surface area contributed by atoms with Gasteiger partial charge in [-0.05, 0) is 36.0 Å². The van der Waals surface area contributed by atoms with Crippen LogP contribution in [0.1, 0.15) is 64.5 Å². The van der Waals surface area contributed by atoms with Gasteiger partial charge in [-0.3, -0.25) is 4.79 Å². The summed E-state index contributed by atoms with van der Waals surface area (Å²) in [4.78, 5) is 18.0. The van der Waals surface area contributed by atoms with Gasteiger partial charge in [-0.2, -0.15) is 4.98 Å². The average Bonchev–Trinajstić information content (AvgIpc) is 3.11. The second-order valence-corrected chi connectivity index (χ2v) is 9.91. The second-order valence-electron chi connectivity index (χ2n) is 8.85. The number of nitrogens with zero attached hydrogens (tertiary/aromatic N) is 3. The lowest BCUT2D eigenvalue weighted by Crippen LogP contribution is -2.36. The first-order valence-electron chi connectivity index (χ1n) is 10.7. The molecule has 0 radical (unpaired) electrons. The summed E-state index contributed by atoms with van der Waals surface area (Å²) in [5.74, 6) is 2.71. The van der Waals surface area contributed by atoms with Crippen molar-refractivity contribution in [3.63, 3.8) is 0 Å². The predicted molar refractivity (Wildman–Crippen MR) is 120 cm³/mol. The van der Waals surface area contributed by atoms with E-state index in [1.54, 1.807) is 18.9 Å². The van der Waals surface area contributed by atoms with Crippen LogP contribution in [-0.4, -0.2) is 33.4 Å². The van der Waals surface area contributed by atoms with E-state index in [1.165, 1.54) is 12.8 Å². The van der Waals surface area contributed by atoms with Gasteiger partial charge in [0.15, 0.2) is 5.78 Å². The first kappa shape index (κ1) is 21.0. The van der Waals surface area contributed by atoms with E-state index in [0.717, 1.165) is 52.3 Å². The Morgan fingerprint density at radius 2 is 2.00 bits per heavy atom. The van der Waals surface area contributed by atoms with E-state index in [-0.39, 0.29) is 17.2 Å². The van der Waals surface area contributed by atoms with Gasteiger partial charge in [0.2, 0.25) is 11.1 Å². The first-order chi connectivity index (χ1) is 14.4. The number of allylic oxidation sites excluding steroid dienone is 2. The minimum Gasteiger partial charge on any atom is -0.497 e. The summed E-state index contributed by atoms with van der Waals surface area (Å²) < 4.78 is 7.21. The number of Topliss-reactive ketones (excluding diaryl/α,β-unsaturated/α-hetero) is 1. The maximum atomic E-state index is 13.2. The smallest absolute Gasteiger partial charge is 0.227 e. The van der Waals surface area contributed by atoms with Gasteiger partial charge in [-0.15, -0.1) is 5.10 Å². The summed E-state index contributed by atoms with van der Waals surface area (Å²) >= 11 is 1.68. The quantitative estimate of drug-likeness (QED) is 0.483. The number of aromatic nitrogens is 3. The third-order valence-electron chi connectivity index (χ3n) is 5.72. The molecule has 1 aromatic carbocycles. The lowest BCUT2D eigenvalue weighted by molar-refractivity contribution is -0.118. The van der Waals surface area contributed by atoms with Crippen LogP contribution >= 0.6 is 11.8 Å². The largest absolute Gasteiger partial charge is 0.497 e. The second kappa shape index (κ2) is 8.46. The van der Waals surface area contributed by atoms with E-state index in [2.05, 4.69) is 26.1 Å². The summed E-state index contributed by atoms with van der Waals surface area (Å²) in [7, 11) is 1.66. The SMILES string of the molecule is CCCCCSc1nc2n(n1)[C@H](c1ccc(OC)cc1)C1=C(CC(C)(C)CC1=O)N2. The maximum Gasteiger partial charge on any atom is 0.227 e. The number of carbonyl (C=O) groups excluding carboxylic acids is 1. The topological polar surface area (TPSA) is 69.0 Å². The summed E-state index contributed by atoms with van der Waals surface area (Å²) in [5, 5.41) is 9.00. The number of nitrogens with one attached hydrogen (secondary N) is 1. The zero-order chi connectivity index (χ0) is 21.3. The van der Waals surface area contributed by atoms with Gasteiger partial charge < -0.3 is 10.1 Å². The van der Waals surface area contributed by atoms with Crippen molar-refractivity contribution in [2.75, 3.05) is 18.2 Å². The van der Waals surface area contributed by atoms with Crippen LogP contribution in [0.5, 0.6) is 5.75 Å². The zero-order valence-electron chi connectivity index (χ0n) is 18.2. The molecular weight excluding hydrogens is 396 g/mol.